The highest BCUT2D eigenvalue weighted by atomic mass is 16.6. The molecule has 1 heterocycles. The second-order valence-corrected chi connectivity index (χ2v) is 4.80. The van der Waals surface area contributed by atoms with Crippen molar-refractivity contribution in [2.45, 2.75) is 50.7 Å². The number of carbonyl (C=O) groups is 1. The number of carbonyl (C=O) groups excluding carboxylic acids is 1. The number of hydrogen-bond acceptors (Lipinski definition) is 5. The first-order valence-corrected chi connectivity index (χ1v) is 6.16. The van der Waals surface area contributed by atoms with Crippen LogP contribution in [0, 0.1) is 5.92 Å². The van der Waals surface area contributed by atoms with Gasteiger partial charge in [-0.3, -0.25) is 4.79 Å². The van der Waals surface area contributed by atoms with E-state index in [1.807, 2.05) is 0 Å². The molecule has 0 spiro atoms. The predicted molar refractivity (Wildman–Crippen MR) is 61.5 cm³/mol. The number of aliphatic hydroxyl groups excluding tert-OH is 1. The lowest BCUT2D eigenvalue weighted by atomic mass is 9.83. The monoisotopic (exact) mass is 241 g/mol. The number of esters is 1. The van der Waals surface area contributed by atoms with Crippen LogP contribution >= 0.6 is 0 Å². The zero-order valence-corrected chi connectivity index (χ0v) is 10.1. The van der Waals surface area contributed by atoms with Gasteiger partial charge in [0, 0.05) is 12.3 Å². The third-order valence-electron chi connectivity index (χ3n) is 3.55. The first-order valence-electron chi connectivity index (χ1n) is 6.16. The summed E-state index contributed by atoms with van der Waals surface area (Å²) in [5.41, 5.74) is 1.05. The van der Waals surface area contributed by atoms with E-state index in [-0.39, 0.29) is 24.6 Å². The van der Waals surface area contributed by atoms with Crippen LogP contribution in [-0.4, -0.2) is 36.1 Å². The molecule has 0 aromatic heterocycles. The average Bonchev–Trinajstić information content (AvgIpc) is 2.78. The van der Waals surface area contributed by atoms with Crippen molar-refractivity contribution in [2.24, 2.45) is 11.1 Å². The van der Waals surface area contributed by atoms with Crippen molar-refractivity contribution in [3.63, 3.8) is 0 Å². The summed E-state index contributed by atoms with van der Waals surface area (Å²) in [4.78, 5) is 16.4. The topological polar surface area (TPSA) is 68.1 Å². The molecule has 96 valence electrons. The quantitative estimate of drug-likeness (QED) is 0.755. The smallest absolute Gasteiger partial charge is 0.309 e. The summed E-state index contributed by atoms with van der Waals surface area (Å²) in [5, 5.41) is 13.5. The average molecular weight is 241 g/mol. The van der Waals surface area contributed by atoms with Gasteiger partial charge in [0.1, 0.15) is 6.10 Å². The Morgan fingerprint density at radius 3 is 2.82 bits per heavy atom. The summed E-state index contributed by atoms with van der Waals surface area (Å²) in [6, 6.07) is 0. The van der Waals surface area contributed by atoms with Crippen LogP contribution in [0.3, 0.4) is 0 Å². The number of ether oxygens (including phenoxy) is 1. The fraction of sp³-hybridized carbons (Fsp3) is 0.833. The first kappa shape index (κ1) is 12.4. The minimum absolute atomic E-state index is 0.153. The van der Waals surface area contributed by atoms with Gasteiger partial charge in [-0.25, -0.2) is 0 Å². The van der Waals surface area contributed by atoms with E-state index in [1.54, 1.807) is 0 Å². The van der Waals surface area contributed by atoms with Crippen LogP contribution in [0.1, 0.15) is 38.5 Å². The Balaban J connectivity index is 1.79. The predicted octanol–water partition coefficient (Wildman–Crippen LogP) is 1.25. The first-order chi connectivity index (χ1) is 8.19. The standard InChI is InChI=1S/C12H19NO4/c1-16-12(15)7-10-6-11(13-17-10)8-2-4-9(14)5-3-8/h8-10,14H,2-7H2,1H3/t8?,9?,10-/m1/s1. The Hall–Kier alpha value is -1.10. The second-order valence-electron chi connectivity index (χ2n) is 4.80. The third-order valence-corrected chi connectivity index (χ3v) is 3.55. The molecule has 17 heavy (non-hydrogen) atoms. The van der Waals surface area contributed by atoms with Crippen LogP contribution in [0.4, 0.5) is 0 Å². The van der Waals surface area contributed by atoms with Crippen molar-refractivity contribution in [1.82, 2.24) is 0 Å². The van der Waals surface area contributed by atoms with E-state index >= 15 is 0 Å². The molecule has 1 aliphatic heterocycles. The lowest BCUT2D eigenvalue weighted by Crippen LogP contribution is -2.24. The van der Waals surface area contributed by atoms with Crippen molar-refractivity contribution < 1.29 is 19.5 Å². The zero-order valence-electron chi connectivity index (χ0n) is 10.1. The zero-order chi connectivity index (χ0) is 12.3. The fourth-order valence-electron chi connectivity index (χ4n) is 2.48. The molecular weight excluding hydrogens is 222 g/mol. The van der Waals surface area contributed by atoms with E-state index in [1.165, 1.54) is 7.11 Å². The van der Waals surface area contributed by atoms with E-state index in [0.29, 0.717) is 5.92 Å². The van der Waals surface area contributed by atoms with Crippen LogP contribution in [-0.2, 0) is 14.4 Å². The summed E-state index contributed by atoms with van der Waals surface area (Å²) < 4.78 is 4.60. The molecule has 1 N–H and O–H groups in total. The molecule has 1 aliphatic carbocycles. The van der Waals surface area contributed by atoms with Gasteiger partial charge in [0.05, 0.1) is 25.3 Å². The molecule has 2 aliphatic rings. The van der Waals surface area contributed by atoms with E-state index in [9.17, 15) is 9.90 Å². The van der Waals surface area contributed by atoms with Gasteiger partial charge in [0.15, 0.2) is 0 Å². The van der Waals surface area contributed by atoms with E-state index in [2.05, 4.69) is 9.89 Å². The van der Waals surface area contributed by atoms with Crippen LogP contribution in [0.25, 0.3) is 0 Å². The highest BCUT2D eigenvalue weighted by Crippen LogP contribution is 2.30. The Bertz CT molecular complexity index is 308. The molecule has 1 saturated carbocycles. The second kappa shape index (κ2) is 5.49. The Morgan fingerprint density at radius 1 is 1.47 bits per heavy atom. The molecule has 0 unspecified atom stereocenters. The number of rotatable bonds is 3. The van der Waals surface area contributed by atoms with Gasteiger partial charge in [-0.2, -0.15) is 0 Å². The summed E-state index contributed by atoms with van der Waals surface area (Å²) >= 11 is 0. The molecule has 0 bridgehead atoms. The number of hydrogen-bond donors (Lipinski definition) is 1. The molecule has 0 aromatic carbocycles. The van der Waals surface area contributed by atoms with Gasteiger partial charge in [-0.15, -0.1) is 0 Å². The van der Waals surface area contributed by atoms with Crippen LogP contribution in [0.2, 0.25) is 0 Å². The molecule has 1 fully saturated rings. The van der Waals surface area contributed by atoms with Crippen LogP contribution in [0.5, 0.6) is 0 Å². The van der Waals surface area contributed by atoms with Gasteiger partial charge in [0.25, 0.3) is 0 Å². The molecule has 0 amide bonds. The molecular formula is C12H19NO4. The van der Waals surface area contributed by atoms with Gasteiger partial charge < -0.3 is 14.7 Å². The highest BCUT2D eigenvalue weighted by molar-refractivity contribution is 5.88. The van der Waals surface area contributed by atoms with Gasteiger partial charge in [-0.1, -0.05) is 5.16 Å². The molecule has 2 rings (SSSR count). The fourth-order valence-corrected chi connectivity index (χ4v) is 2.48. The normalized spacial score (nSPS) is 32.8. The summed E-state index contributed by atoms with van der Waals surface area (Å²) in [5.74, 6) is 0.159. The maximum absolute atomic E-state index is 11.1. The highest BCUT2D eigenvalue weighted by Gasteiger charge is 2.31. The van der Waals surface area contributed by atoms with Crippen molar-refractivity contribution in [3.8, 4) is 0 Å². The molecule has 5 heteroatoms. The summed E-state index contributed by atoms with van der Waals surface area (Å²) in [6.45, 7) is 0. The molecule has 0 radical (unpaired) electrons. The minimum atomic E-state index is -0.259. The number of oxime groups is 1. The van der Waals surface area contributed by atoms with Gasteiger partial charge >= 0.3 is 5.97 Å². The minimum Gasteiger partial charge on any atom is -0.469 e. The SMILES string of the molecule is COC(=O)C[C@H]1CC(C2CCC(O)CC2)=NO1. The number of methoxy groups -OCH3 is 1. The molecule has 5 nitrogen and oxygen atoms in total. The maximum atomic E-state index is 11.1. The van der Waals surface area contributed by atoms with E-state index in [0.717, 1.165) is 37.8 Å². The number of aliphatic hydroxyl groups is 1. The van der Waals surface area contributed by atoms with Crippen LogP contribution in [0.15, 0.2) is 5.16 Å². The van der Waals surface area contributed by atoms with Crippen molar-refractivity contribution in [2.75, 3.05) is 7.11 Å². The summed E-state index contributed by atoms with van der Waals surface area (Å²) in [7, 11) is 1.38. The Morgan fingerprint density at radius 2 is 2.18 bits per heavy atom. The molecule has 0 saturated heterocycles. The summed E-state index contributed by atoms with van der Waals surface area (Å²) in [6.07, 6.45) is 4.28. The van der Waals surface area contributed by atoms with Crippen LogP contribution < -0.4 is 0 Å². The molecule has 1 atom stereocenters. The van der Waals surface area contributed by atoms with Crippen molar-refractivity contribution in [3.05, 3.63) is 0 Å². The van der Waals surface area contributed by atoms with E-state index in [4.69, 9.17) is 4.84 Å². The van der Waals surface area contributed by atoms with Crippen molar-refractivity contribution >= 4 is 11.7 Å². The largest absolute Gasteiger partial charge is 0.469 e. The number of nitrogens with zero attached hydrogens (tertiary/aromatic N) is 1. The molecule has 0 aromatic rings. The Labute approximate surface area is 101 Å². The van der Waals surface area contributed by atoms with Crippen molar-refractivity contribution in [1.29, 1.82) is 0 Å². The van der Waals surface area contributed by atoms with Gasteiger partial charge in [-0.05, 0) is 25.7 Å². The van der Waals surface area contributed by atoms with Gasteiger partial charge in [0.2, 0.25) is 0 Å². The third kappa shape index (κ3) is 3.19. The maximum Gasteiger partial charge on any atom is 0.309 e. The Kier molecular flexibility index (Phi) is 3.99. The van der Waals surface area contributed by atoms with E-state index < -0.39 is 0 Å². The lowest BCUT2D eigenvalue weighted by Gasteiger charge is -2.24. The lowest BCUT2D eigenvalue weighted by molar-refractivity contribution is -0.143.